The number of likely N-dealkylation sites (tertiary alicyclic amines) is 1. The van der Waals surface area contributed by atoms with Crippen LogP contribution in [0.5, 0.6) is 0 Å². The highest BCUT2D eigenvalue weighted by atomic mass is 16.3. The van der Waals surface area contributed by atoms with Crippen LogP contribution in [-0.4, -0.2) is 47.8 Å². The molecule has 1 unspecified atom stereocenters. The van der Waals surface area contributed by atoms with Crippen LogP contribution in [0.3, 0.4) is 0 Å². The lowest BCUT2D eigenvalue weighted by molar-refractivity contribution is 0.0443. The second-order valence-corrected chi connectivity index (χ2v) is 6.28. The second-order valence-electron chi connectivity index (χ2n) is 6.28. The summed E-state index contributed by atoms with van der Waals surface area (Å²) in [6.07, 6.45) is 9.48. The minimum absolute atomic E-state index is 0.393. The van der Waals surface area contributed by atoms with Gasteiger partial charge in [-0.1, -0.05) is 19.8 Å². The molecule has 106 valence electrons. The molecule has 1 heterocycles. The predicted molar refractivity (Wildman–Crippen MR) is 75.8 cm³/mol. The quantitative estimate of drug-likeness (QED) is 0.789. The highest BCUT2D eigenvalue weighted by molar-refractivity contribution is 4.88. The van der Waals surface area contributed by atoms with E-state index in [1.807, 2.05) is 0 Å². The van der Waals surface area contributed by atoms with Crippen LogP contribution in [0.15, 0.2) is 0 Å². The van der Waals surface area contributed by atoms with Crippen molar-refractivity contribution >= 4 is 0 Å². The fourth-order valence-corrected chi connectivity index (χ4v) is 3.44. The van der Waals surface area contributed by atoms with Crippen molar-refractivity contribution in [3.8, 4) is 0 Å². The Balaban J connectivity index is 1.70. The lowest BCUT2D eigenvalue weighted by atomic mass is 10.0. The molecule has 2 N–H and O–H groups in total. The molecule has 2 rings (SSSR count). The van der Waals surface area contributed by atoms with E-state index in [9.17, 15) is 5.11 Å². The zero-order valence-corrected chi connectivity index (χ0v) is 12.0. The van der Waals surface area contributed by atoms with Crippen molar-refractivity contribution in [2.45, 2.75) is 69.9 Å². The summed E-state index contributed by atoms with van der Waals surface area (Å²) in [5, 5.41) is 14.0. The molecule has 2 fully saturated rings. The molecule has 0 amide bonds. The first kappa shape index (κ1) is 14.3. The predicted octanol–water partition coefficient (Wildman–Crippen LogP) is 2.15. The number of hydrogen-bond acceptors (Lipinski definition) is 3. The number of aliphatic hydroxyl groups is 1. The minimum Gasteiger partial charge on any atom is -0.389 e. The van der Waals surface area contributed by atoms with Crippen molar-refractivity contribution in [1.82, 2.24) is 10.2 Å². The Labute approximate surface area is 112 Å². The number of nitrogens with zero attached hydrogens (tertiary/aromatic N) is 1. The third kappa shape index (κ3) is 4.22. The van der Waals surface area contributed by atoms with Gasteiger partial charge in [0.05, 0.1) is 5.60 Å². The molecule has 1 saturated heterocycles. The van der Waals surface area contributed by atoms with Gasteiger partial charge in [0, 0.05) is 12.6 Å². The number of nitrogens with one attached hydrogen (secondary N) is 1. The fourth-order valence-electron chi connectivity index (χ4n) is 3.44. The molecular formula is C15H30N2O. The van der Waals surface area contributed by atoms with Crippen molar-refractivity contribution in [1.29, 1.82) is 0 Å². The third-order valence-electron chi connectivity index (χ3n) is 4.61. The Morgan fingerprint density at radius 2 is 1.94 bits per heavy atom. The van der Waals surface area contributed by atoms with E-state index in [0.717, 1.165) is 19.4 Å². The Hall–Kier alpha value is -0.120. The van der Waals surface area contributed by atoms with Crippen molar-refractivity contribution in [3.05, 3.63) is 0 Å². The van der Waals surface area contributed by atoms with Gasteiger partial charge in [-0.3, -0.25) is 0 Å². The standard InChI is InChI=1S/C15H30N2O/c1-2-10-17-11-5-6-14(7-12-17)16-13-15(18)8-3-4-9-15/h14,16,18H,2-13H2,1H3. The molecule has 0 bridgehead atoms. The van der Waals surface area contributed by atoms with Crippen molar-refractivity contribution in [2.24, 2.45) is 0 Å². The summed E-state index contributed by atoms with van der Waals surface area (Å²) in [6.45, 7) is 6.80. The normalized spacial score (nSPS) is 29.3. The van der Waals surface area contributed by atoms with Gasteiger partial charge < -0.3 is 15.3 Å². The Morgan fingerprint density at radius 1 is 1.17 bits per heavy atom. The molecule has 1 aliphatic carbocycles. The van der Waals surface area contributed by atoms with Crippen LogP contribution in [0.1, 0.15) is 58.3 Å². The van der Waals surface area contributed by atoms with Crippen molar-refractivity contribution in [3.63, 3.8) is 0 Å². The summed E-state index contributed by atoms with van der Waals surface area (Å²) in [5.41, 5.74) is -0.393. The monoisotopic (exact) mass is 254 g/mol. The Bertz CT molecular complexity index is 239. The SMILES string of the molecule is CCCN1CCCC(NCC2(O)CCCC2)CC1. The van der Waals surface area contributed by atoms with Crippen LogP contribution < -0.4 is 5.32 Å². The smallest absolute Gasteiger partial charge is 0.0771 e. The first-order chi connectivity index (χ1) is 8.72. The van der Waals surface area contributed by atoms with E-state index >= 15 is 0 Å². The molecule has 0 radical (unpaired) electrons. The summed E-state index contributed by atoms with van der Waals surface area (Å²) in [6, 6.07) is 0.622. The maximum absolute atomic E-state index is 10.4. The van der Waals surface area contributed by atoms with E-state index in [4.69, 9.17) is 0 Å². The maximum Gasteiger partial charge on any atom is 0.0771 e. The Kier molecular flexibility index (Phi) is 5.46. The highest BCUT2D eigenvalue weighted by Crippen LogP contribution is 2.29. The van der Waals surface area contributed by atoms with Gasteiger partial charge in [0.1, 0.15) is 0 Å². The molecule has 1 atom stereocenters. The molecule has 3 heteroatoms. The molecular weight excluding hydrogens is 224 g/mol. The van der Waals surface area contributed by atoms with E-state index in [1.165, 1.54) is 58.2 Å². The number of rotatable bonds is 5. The van der Waals surface area contributed by atoms with E-state index in [0.29, 0.717) is 6.04 Å². The summed E-state index contributed by atoms with van der Waals surface area (Å²) >= 11 is 0. The van der Waals surface area contributed by atoms with Crippen LogP contribution in [0.25, 0.3) is 0 Å². The van der Waals surface area contributed by atoms with Gasteiger partial charge in [-0.2, -0.15) is 0 Å². The van der Waals surface area contributed by atoms with Gasteiger partial charge in [0.15, 0.2) is 0 Å². The first-order valence-corrected chi connectivity index (χ1v) is 7.90. The third-order valence-corrected chi connectivity index (χ3v) is 4.61. The lowest BCUT2D eigenvalue weighted by Crippen LogP contribution is -2.43. The van der Waals surface area contributed by atoms with Crippen LogP contribution in [0.2, 0.25) is 0 Å². The second kappa shape index (κ2) is 6.88. The van der Waals surface area contributed by atoms with Crippen LogP contribution >= 0.6 is 0 Å². The zero-order valence-electron chi connectivity index (χ0n) is 12.0. The summed E-state index contributed by atoms with van der Waals surface area (Å²) in [7, 11) is 0. The van der Waals surface area contributed by atoms with Crippen LogP contribution in [-0.2, 0) is 0 Å². The molecule has 2 aliphatic rings. The maximum atomic E-state index is 10.4. The average molecular weight is 254 g/mol. The highest BCUT2D eigenvalue weighted by Gasteiger charge is 2.31. The lowest BCUT2D eigenvalue weighted by Gasteiger charge is -2.26. The van der Waals surface area contributed by atoms with Crippen molar-refractivity contribution in [2.75, 3.05) is 26.2 Å². The molecule has 1 saturated carbocycles. The number of hydrogen-bond donors (Lipinski definition) is 2. The fraction of sp³-hybridized carbons (Fsp3) is 1.00. The molecule has 1 aliphatic heterocycles. The molecule has 3 nitrogen and oxygen atoms in total. The summed E-state index contributed by atoms with van der Waals surface area (Å²) in [5.74, 6) is 0. The minimum atomic E-state index is -0.393. The van der Waals surface area contributed by atoms with Crippen molar-refractivity contribution < 1.29 is 5.11 Å². The van der Waals surface area contributed by atoms with Gasteiger partial charge in [-0.05, 0) is 58.2 Å². The first-order valence-electron chi connectivity index (χ1n) is 7.90. The van der Waals surface area contributed by atoms with E-state index < -0.39 is 5.60 Å². The van der Waals surface area contributed by atoms with E-state index in [-0.39, 0.29) is 0 Å². The zero-order chi connectivity index (χ0) is 12.8. The van der Waals surface area contributed by atoms with Gasteiger partial charge in [-0.15, -0.1) is 0 Å². The molecule has 0 aromatic carbocycles. The summed E-state index contributed by atoms with van der Waals surface area (Å²) in [4.78, 5) is 2.59. The van der Waals surface area contributed by atoms with Gasteiger partial charge >= 0.3 is 0 Å². The largest absolute Gasteiger partial charge is 0.389 e. The molecule has 0 aromatic rings. The van der Waals surface area contributed by atoms with Crippen LogP contribution in [0, 0.1) is 0 Å². The van der Waals surface area contributed by atoms with E-state index in [1.54, 1.807) is 0 Å². The average Bonchev–Trinajstić information content (AvgIpc) is 2.66. The van der Waals surface area contributed by atoms with Gasteiger partial charge in [0.25, 0.3) is 0 Å². The van der Waals surface area contributed by atoms with Gasteiger partial charge in [-0.25, -0.2) is 0 Å². The molecule has 18 heavy (non-hydrogen) atoms. The van der Waals surface area contributed by atoms with Crippen LogP contribution in [0.4, 0.5) is 0 Å². The molecule has 0 aromatic heterocycles. The van der Waals surface area contributed by atoms with E-state index in [2.05, 4.69) is 17.1 Å². The molecule has 0 spiro atoms. The Morgan fingerprint density at radius 3 is 2.67 bits per heavy atom. The summed E-state index contributed by atoms with van der Waals surface area (Å²) < 4.78 is 0. The topological polar surface area (TPSA) is 35.5 Å². The van der Waals surface area contributed by atoms with Gasteiger partial charge in [0.2, 0.25) is 0 Å².